The number of hydrogen-bond donors (Lipinski definition) is 1. The number of nitrogens with one attached hydrogen (secondary N) is 1. The Hall–Kier alpha value is -1.08. The molecule has 104 valence electrons. The van der Waals surface area contributed by atoms with Crippen molar-refractivity contribution in [3.8, 4) is 0 Å². The summed E-state index contributed by atoms with van der Waals surface area (Å²) in [5, 5.41) is 2.74. The average molecular weight is 267 g/mol. The van der Waals surface area contributed by atoms with E-state index in [4.69, 9.17) is 4.74 Å². The van der Waals surface area contributed by atoms with Crippen LogP contribution >= 0.6 is 0 Å². The molecule has 1 heterocycles. The largest absolute Gasteiger partial charge is 0.468 e. The molecule has 1 saturated heterocycles. The Morgan fingerprint density at radius 1 is 1.56 bits per heavy atom. The summed E-state index contributed by atoms with van der Waals surface area (Å²) in [6.45, 7) is 1.77. The second-order valence-electron chi connectivity index (χ2n) is 4.09. The van der Waals surface area contributed by atoms with Gasteiger partial charge in [0.1, 0.15) is 6.04 Å². The van der Waals surface area contributed by atoms with Gasteiger partial charge in [0.15, 0.2) is 0 Å². The van der Waals surface area contributed by atoms with Gasteiger partial charge < -0.3 is 14.8 Å². The quantitative estimate of drug-likeness (QED) is 0.602. The molecule has 0 bridgehead atoms. The third kappa shape index (κ3) is 3.99. The van der Waals surface area contributed by atoms with Gasteiger partial charge in [-0.3, -0.25) is 4.79 Å². The second kappa shape index (κ2) is 6.19. The molecule has 1 aliphatic heterocycles. The zero-order chi connectivity index (χ0) is 13.8. The standard InChI is InChI=1S/C11H16F3NO3/c1-7(11(12,13)14)3-4-15-9(10(16)17-2)8-5-18-6-8/h3,8-9,15H,4-6H2,1-2H3. The number of ether oxygens (including phenoxy) is 2. The van der Waals surface area contributed by atoms with Crippen LogP contribution in [0.4, 0.5) is 13.2 Å². The molecule has 0 saturated carbocycles. The minimum Gasteiger partial charge on any atom is -0.468 e. The Balaban J connectivity index is 2.50. The number of hydrogen-bond acceptors (Lipinski definition) is 4. The Morgan fingerprint density at radius 3 is 2.56 bits per heavy atom. The predicted molar refractivity (Wildman–Crippen MR) is 57.9 cm³/mol. The van der Waals surface area contributed by atoms with Gasteiger partial charge in [0.25, 0.3) is 0 Å². The SMILES string of the molecule is COC(=O)C(NCC=C(C)C(F)(F)F)C1COC1. The van der Waals surface area contributed by atoms with Crippen LogP contribution in [0.25, 0.3) is 0 Å². The molecular formula is C11H16F3NO3. The Bertz CT molecular complexity index is 324. The molecule has 1 aliphatic rings. The molecule has 0 aliphatic carbocycles. The van der Waals surface area contributed by atoms with Crippen LogP contribution in [-0.2, 0) is 14.3 Å². The van der Waals surface area contributed by atoms with Crippen LogP contribution in [0.15, 0.2) is 11.6 Å². The van der Waals surface area contributed by atoms with E-state index in [9.17, 15) is 18.0 Å². The maximum absolute atomic E-state index is 12.2. The number of allylic oxidation sites excluding steroid dienone is 1. The first-order valence-electron chi connectivity index (χ1n) is 5.49. The van der Waals surface area contributed by atoms with Crippen molar-refractivity contribution in [3.05, 3.63) is 11.6 Å². The summed E-state index contributed by atoms with van der Waals surface area (Å²) in [7, 11) is 1.24. The lowest BCUT2D eigenvalue weighted by Gasteiger charge is -2.32. The first-order chi connectivity index (χ1) is 8.36. The van der Waals surface area contributed by atoms with Crippen LogP contribution in [-0.4, -0.2) is 45.1 Å². The van der Waals surface area contributed by atoms with Crippen LogP contribution in [0.5, 0.6) is 0 Å². The number of alkyl halides is 3. The lowest BCUT2D eigenvalue weighted by molar-refractivity contribution is -0.150. The van der Waals surface area contributed by atoms with Gasteiger partial charge >= 0.3 is 12.1 Å². The summed E-state index contributed by atoms with van der Waals surface area (Å²) in [5.41, 5.74) is -0.691. The maximum atomic E-state index is 12.2. The van der Waals surface area contributed by atoms with Crippen LogP contribution in [0.1, 0.15) is 6.92 Å². The van der Waals surface area contributed by atoms with Gasteiger partial charge in [0.05, 0.1) is 20.3 Å². The minimum atomic E-state index is -4.33. The van der Waals surface area contributed by atoms with E-state index in [1.807, 2.05) is 0 Å². The second-order valence-corrected chi connectivity index (χ2v) is 4.09. The van der Waals surface area contributed by atoms with Gasteiger partial charge in [-0.25, -0.2) is 0 Å². The van der Waals surface area contributed by atoms with Crippen molar-refractivity contribution in [2.75, 3.05) is 26.9 Å². The molecule has 7 heteroatoms. The van der Waals surface area contributed by atoms with Crippen LogP contribution in [0.3, 0.4) is 0 Å². The molecule has 1 unspecified atom stereocenters. The maximum Gasteiger partial charge on any atom is 0.412 e. The molecule has 1 fully saturated rings. The summed E-state index contributed by atoms with van der Waals surface area (Å²) in [5.74, 6) is -0.529. The topological polar surface area (TPSA) is 47.6 Å². The molecule has 0 aromatic heterocycles. The number of carbonyl (C=O) groups is 1. The summed E-state index contributed by atoms with van der Waals surface area (Å²) in [4.78, 5) is 11.4. The molecule has 0 aromatic rings. The normalized spacial score (nSPS) is 19.3. The van der Waals surface area contributed by atoms with Gasteiger partial charge in [0, 0.05) is 18.0 Å². The highest BCUT2D eigenvalue weighted by Gasteiger charge is 2.34. The van der Waals surface area contributed by atoms with Crippen molar-refractivity contribution < 1.29 is 27.4 Å². The molecule has 0 aromatic carbocycles. The van der Waals surface area contributed by atoms with Crippen LogP contribution in [0, 0.1) is 5.92 Å². The van der Waals surface area contributed by atoms with Gasteiger partial charge in [-0.05, 0) is 6.92 Å². The summed E-state index contributed by atoms with van der Waals surface area (Å²) < 4.78 is 46.2. The predicted octanol–water partition coefficient (Wildman–Crippen LogP) is 1.27. The zero-order valence-electron chi connectivity index (χ0n) is 10.2. The fourth-order valence-corrected chi connectivity index (χ4v) is 1.47. The minimum absolute atomic E-state index is 0.0401. The van der Waals surface area contributed by atoms with E-state index in [-0.39, 0.29) is 12.5 Å². The smallest absolute Gasteiger partial charge is 0.412 e. The van der Waals surface area contributed by atoms with Crippen molar-refractivity contribution in [1.82, 2.24) is 5.32 Å². The third-order valence-corrected chi connectivity index (χ3v) is 2.78. The summed E-state index contributed by atoms with van der Waals surface area (Å²) in [6.07, 6.45) is -3.32. The molecule has 1 rings (SSSR count). The van der Waals surface area contributed by atoms with E-state index in [1.54, 1.807) is 0 Å². The first-order valence-corrected chi connectivity index (χ1v) is 5.49. The lowest BCUT2D eigenvalue weighted by Crippen LogP contribution is -2.51. The van der Waals surface area contributed by atoms with Crippen LogP contribution in [0.2, 0.25) is 0 Å². The highest BCUT2D eigenvalue weighted by molar-refractivity contribution is 5.76. The van der Waals surface area contributed by atoms with Gasteiger partial charge in [0.2, 0.25) is 0 Å². The molecular weight excluding hydrogens is 251 g/mol. The molecule has 0 amide bonds. The Labute approximate surface area is 103 Å². The Kier molecular flexibility index (Phi) is 5.15. The first kappa shape index (κ1) is 15.0. The van der Waals surface area contributed by atoms with Crippen molar-refractivity contribution in [2.24, 2.45) is 5.92 Å². The molecule has 1 atom stereocenters. The molecule has 18 heavy (non-hydrogen) atoms. The van der Waals surface area contributed by atoms with E-state index in [0.29, 0.717) is 13.2 Å². The number of esters is 1. The average Bonchev–Trinajstić information content (AvgIpc) is 2.22. The van der Waals surface area contributed by atoms with Crippen molar-refractivity contribution >= 4 is 5.97 Å². The fraction of sp³-hybridized carbons (Fsp3) is 0.727. The molecule has 0 radical (unpaired) electrons. The summed E-state index contributed by atoms with van der Waals surface area (Å²) >= 11 is 0. The third-order valence-electron chi connectivity index (χ3n) is 2.78. The molecule has 0 spiro atoms. The number of halogens is 3. The van der Waals surface area contributed by atoms with E-state index in [0.717, 1.165) is 13.0 Å². The summed E-state index contributed by atoms with van der Waals surface area (Å²) in [6, 6.07) is -0.624. The number of rotatable bonds is 5. The van der Waals surface area contributed by atoms with Crippen molar-refractivity contribution in [1.29, 1.82) is 0 Å². The highest BCUT2D eigenvalue weighted by Crippen LogP contribution is 2.24. The van der Waals surface area contributed by atoms with E-state index < -0.39 is 23.8 Å². The van der Waals surface area contributed by atoms with Gasteiger partial charge in [-0.15, -0.1) is 0 Å². The van der Waals surface area contributed by atoms with Crippen molar-refractivity contribution in [2.45, 2.75) is 19.1 Å². The van der Waals surface area contributed by atoms with Gasteiger partial charge in [-0.2, -0.15) is 13.2 Å². The van der Waals surface area contributed by atoms with Gasteiger partial charge in [-0.1, -0.05) is 6.08 Å². The molecule has 4 nitrogen and oxygen atoms in total. The highest BCUT2D eigenvalue weighted by atomic mass is 19.4. The molecule has 1 N–H and O–H groups in total. The monoisotopic (exact) mass is 267 g/mol. The number of methoxy groups -OCH3 is 1. The lowest BCUT2D eigenvalue weighted by atomic mass is 9.98. The zero-order valence-corrected chi connectivity index (χ0v) is 10.2. The number of carbonyl (C=O) groups excluding carboxylic acids is 1. The Morgan fingerprint density at radius 2 is 2.17 bits per heavy atom. The van der Waals surface area contributed by atoms with E-state index >= 15 is 0 Å². The fourth-order valence-electron chi connectivity index (χ4n) is 1.47. The van der Waals surface area contributed by atoms with Crippen LogP contribution < -0.4 is 5.32 Å². The van der Waals surface area contributed by atoms with E-state index in [2.05, 4.69) is 10.1 Å². The van der Waals surface area contributed by atoms with Crippen molar-refractivity contribution in [3.63, 3.8) is 0 Å². The van der Waals surface area contributed by atoms with E-state index in [1.165, 1.54) is 7.11 Å².